The number of fused-ring (bicyclic) bond motifs is 1. The molecule has 1 amide bonds. The van der Waals surface area contributed by atoms with Gasteiger partial charge in [0.1, 0.15) is 0 Å². The third-order valence-corrected chi connectivity index (χ3v) is 9.04. The van der Waals surface area contributed by atoms with E-state index in [2.05, 4.69) is 10.4 Å². The predicted octanol–water partition coefficient (Wildman–Crippen LogP) is 3.98. The first kappa shape index (κ1) is 23.8. The lowest BCUT2D eigenvalue weighted by Crippen LogP contribution is -2.47. The van der Waals surface area contributed by atoms with Crippen molar-refractivity contribution in [2.75, 3.05) is 18.8 Å². The van der Waals surface area contributed by atoms with E-state index < -0.39 is 10.0 Å². The number of aromatic nitrogens is 3. The van der Waals surface area contributed by atoms with E-state index in [4.69, 9.17) is 4.98 Å². The normalized spacial score (nSPS) is 16.0. The quantitative estimate of drug-likeness (QED) is 0.541. The van der Waals surface area contributed by atoms with Crippen LogP contribution in [0.2, 0.25) is 0 Å². The molecule has 0 atom stereocenters. The Balaban J connectivity index is 1.59. The Bertz CT molecular complexity index is 1250. The average Bonchev–Trinajstić information content (AvgIpc) is 3.39. The van der Waals surface area contributed by atoms with Crippen LogP contribution in [0.1, 0.15) is 61.3 Å². The van der Waals surface area contributed by atoms with Crippen molar-refractivity contribution in [2.24, 2.45) is 0 Å². The van der Waals surface area contributed by atoms with E-state index in [1.54, 1.807) is 21.8 Å². The fourth-order valence-electron chi connectivity index (χ4n) is 4.21. The predicted molar refractivity (Wildman–Crippen MR) is 132 cm³/mol. The zero-order valence-corrected chi connectivity index (χ0v) is 21.2. The van der Waals surface area contributed by atoms with Crippen LogP contribution in [0.5, 0.6) is 0 Å². The van der Waals surface area contributed by atoms with Gasteiger partial charge in [-0.3, -0.25) is 4.79 Å². The molecule has 1 aliphatic rings. The number of nitrogens with one attached hydrogen (secondary N) is 1. The van der Waals surface area contributed by atoms with Crippen molar-refractivity contribution < 1.29 is 13.2 Å². The number of nitrogens with zero attached hydrogens (tertiary/aromatic N) is 4. The number of sulfonamides is 1. The molecule has 1 N–H and O–H groups in total. The third kappa shape index (κ3) is 4.97. The molecule has 33 heavy (non-hydrogen) atoms. The van der Waals surface area contributed by atoms with E-state index >= 15 is 0 Å². The Morgan fingerprint density at radius 3 is 2.61 bits per heavy atom. The minimum Gasteiger partial charge on any atom is -0.349 e. The third-order valence-electron chi connectivity index (χ3n) is 5.94. The van der Waals surface area contributed by atoms with Crippen molar-refractivity contribution in [1.29, 1.82) is 0 Å². The van der Waals surface area contributed by atoms with Crippen molar-refractivity contribution in [3.05, 3.63) is 34.8 Å². The molecule has 1 fully saturated rings. The Labute approximate surface area is 199 Å². The number of aryl methyl sites for hydroxylation is 1. The van der Waals surface area contributed by atoms with Crippen LogP contribution in [-0.4, -0.2) is 58.3 Å². The first-order valence-corrected chi connectivity index (χ1v) is 13.9. The minimum absolute atomic E-state index is 0.0682. The molecule has 0 aliphatic carbocycles. The van der Waals surface area contributed by atoms with Crippen molar-refractivity contribution in [2.45, 2.75) is 59.0 Å². The summed E-state index contributed by atoms with van der Waals surface area (Å²) in [6.07, 6.45) is 3.52. The van der Waals surface area contributed by atoms with Gasteiger partial charge in [-0.25, -0.2) is 22.4 Å². The van der Waals surface area contributed by atoms with Crippen molar-refractivity contribution >= 4 is 38.3 Å². The van der Waals surface area contributed by atoms with E-state index in [1.807, 2.05) is 50.6 Å². The standard InChI is InChI=1S/C23H31N5O3S2/c1-5-12-33(30,31)27-10-8-17(9-11-27)25-23(29)18-13-20(21-7-6-16(4)32-21)26-22-19(18)14-24-28(22)15(2)3/h6-7,13-15,17H,5,8-12H2,1-4H3,(H,25,29). The first-order chi connectivity index (χ1) is 15.7. The maximum absolute atomic E-state index is 13.4. The van der Waals surface area contributed by atoms with E-state index in [9.17, 15) is 13.2 Å². The highest BCUT2D eigenvalue weighted by atomic mass is 32.2. The second kappa shape index (κ2) is 9.52. The number of hydrogen-bond acceptors (Lipinski definition) is 6. The number of amides is 1. The zero-order valence-electron chi connectivity index (χ0n) is 19.5. The van der Waals surface area contributed by atoms with Crippen LogP contribution >= 0.6 is 11.3 Å². The fraction of sp³-hybridized carbons (Fsp3) is 0.522. The van der Waals surface area contributed by atoms with Gasteiger partial charge in [0.05, 0.1) is 33.5 Å². The summed E-state index contributed by atoms with van der Waals surface area (Å²) in [5.74, 6) is -0.000733. The van der Waals surface area contributed by atoms with E-state index in [0.717, 1.165) is 16.0 Å². The smallest absolute Gasteiger partial charge is 0.252 e. The van der Waals surface area contributed by atoms with Gasteiger partial charge in [0.2, 0.25) is 10.0 Å². The zero-order chi connectivity index (χ0) is 23.8. The second-order valence-corrected chi connectivity index (χ2v) is 12.2. The van der Waals surface area contributed by atoms with Gasteiger partial charge < -0.3 is 5.32 Å². The molecule has 3 aromatic rings. The van der Waals surface area contributed by atoms with Crippen LogP contribution in [0, 0.1) is 6.92 Å². The van der Waals surface area contributed by atoms with Crippen LogP contribution in [0.25, 0.3) is 21.6 Å². The molecule has 1 aliphatic heterocycles. The van der Waals surface area contributed by atoms with Gasteiger partial charge in [0, 0.05) is 30.1 Å². The molecule has 4 heterocycles. The van der Waals surface area contributed by atoms with E-state index in [1.165, 1.54) is 4.88 Å². The van der Waals surface area contributed by atoms with E-state index in [-0.39, 0.29) is 23.7 Å². The molecule has 178 valence electrons. The van der Waals surface area contributed by atoms with Crippen molar-refractivity contribution in [1.82, 2.24) is 24.4 Å². The Kier molecular flexibility index (Phi) is 6.88. The van der Waals surface area contributed by atoms with Crippen LogP contribution in [0.15, 0.2) is 24.4 Å². The van der Waals surface area contributed by atoms with Gasteiger partial charge in [-0.2, -0.15) is 5.10 Å². The highest BCUT2D eigenvalue weighted by Gasteiger charge is 2.29. The maximum Gasteiger partial charge on any atom is 0.252 e. The van der Waals surface area contributed by atoms with Gasteiger partial charge in [0.25, 0.3) is 5.91 Å². The number of pyridine rings is 1. The summed E-state index contributed by atoms with van der Waals surface area (Å²) in [5.41, 5.74) is 2.00. The lowest BCUT2D eigenvalue weighted by atomic mass is 10.0. The summed E-state index contributed by atoms with van der Waals surface area (Å²) < 4.78 is 28.1. The van der Waals surface area contributed by atoms with Crippen LogP contribution in [0.4, 0.5) is 0 Å². The molecule has 10 heteroatoms. The molecule has 0 saturated carbocycles. The van der Waals surface area contributed by atoms with Crippen molar-refractivity contribution in [3.63, 3.8) is 0 Å². The van der Waals surface area contributed by atoms with Gasteiger partial charge in [-0.05, 0) is 58.2 Å². The molecule has 4 rings (SSSR count). The highest BCUT2D eigenvalue weighted by molar-refractivity contribution is 7.89. The Morgan fingerprint density at radius 1 is 1.27 bits per heavy atom. The topological polar surface area (TPSA) is 97.2 Å². The summed E-state index contributed by atoms with van der Waals surface area (Å²) in [6, 6.07) is 5.96. The van der Waals surface area contributed by atoms with E-state index in [0.29, 0.717) is 43.6 Å². The molecule has 1 saturated heterocycles. The summed E-state index contributed by atoms with van der Waals surface area (Å²) in [7, 11) is -3.20. The SMILES string of the molecule is CCCS(=O)(=O)N1CCC(NC(=O)c2cc(-c3ccc(C)s3)nc3c2cnn3C(C)C)CC1. The van der Waals surface area contributed by atoms with Gasteiger partial charge >= 0.3 is 0 Å². The summed E-state index contributed by atoms with van der Waals surface area (Å²) in [5, 5.41) is 8.34. The number of carbonyl (C=O) groups is 1. The summed E-state index contributed by atoms with van der Waals surface area (Å²) in [6.45, 7) is 8.86. The summed E-state index contributed by atoms with van der Waals surface area (Å²) >= 11 is 1.64. The molecular formula is C23H31N5O3S2. The van der Waals surface area contributed by atoms with Gasteiger partial charge in [-0.15, -0.1) is 11.3 Å². The van der Waals surface area contributed by atoms with Crippen LogP contribution < -0.4 is 5.32 Å². The van der Waals surface area contributed by atoms with Gasteiger partial charge in [-0.1, -0.05) is 6.92 Å². The number of rotatable bonds is 7. The molecule has 8 nitrogen and oxygen atoms in total. The van der Waals surface area contributed by atoms with Crippen molar-refractivity contribution in [3.8, 4) is 10.6 Å². The van der Waals surface area contributed by atoms with Gasteiger partial charge in [0.15, 0.2) is 5.65 Å². The fourth-order valence-corrected chi connectivity index (χ4v) is 6.58. The average molecular weight is 490 g/mol. The highest BCUT2D eigenvalue weighted by Crippen LogP contribution is 2.31. The largest absolute Gasteiger partial charge is 0.349 e. The Morgan fingerprint density at radius 2 is 2.00 bits per heavy atom. The molecule has 0 radical (unpaired) electrons. The Hall–Kier alpha value is -2.30. The molecule has 0 aromatic carbocycles. The molecule has 0 unspecified atom stereocenters. The first-order valence-electron chi connectivity index (χ1n) is 11.4. The maximum atomic E-state index is 13.4. The number of piperidine rings is 1. The minimum atomic E-state index is -3.20. The monoisotopic (exact) mass is 489 g/mol. The summed E-state index contributed by atoms with van der Waals surface area (Å²) in [4.78, 5) is 20.4. The molecular weight excluding hydrogens is 458 g/mol. The lowest BCUT2D eigenvalue weighted by molar-refractivity contribution is 0.0925. The van der Waals surface area contributed by atoms with Crippen LogP contribution in [-0.2, 0) is 10.0 Å². The molecule has 3 aromatic heterocycles. The number of hydrogen-bond donors (Lipinski definition) is 1. The van der Waals surface area contributed by atoms with Crippen LogP contribution in [0.3, 0.4) is 0 Å². The second-order valence-electron chi connectivity index (χ2n) is 8.85. The molecule has 0 spiro atoms. The number of carbonyl (C=O) groups excluding carboxylic acids is 1. The lowest BCUT2D eigenvalue weighted by Gasteiger charge is -2.31. The molecule has 0 bridgehead atoms. The number of thiophene rings is 1.